The molecule has 0 spiro atoms. The number of carbonyl (C=O) groups excluding carboxylic acids is 1. The van der Waals surface area contributed by atoms with Crippen LogP contribution in [0.4, 0.5) is 0 Å². The quantitative estimate of drug-likeness (QED) is 0.882. The number of rotatable bonds is 4. The molecular weight excluding hydrogens is 276 g/mol. The minimum atomic E-state index is -0.283. The summed E-state index contributed by atoms with van der Waals surface area (Å²) in [6.45, 7) is 3.94. The van der Waals surface area contributed by atoms with Crippen molar-refractivity contribution >= 4 is 11.8 Å². The number of carbonyl (C=O) groups is 1. The Bertz CT molecular complexity index is 688. The number of esters is 1. The second-order valence-corrected chi connectivity index (χ2v) is 5.03. The van der Waals surface area contributed by atoms with E-state index in [-0.39, 0.29) is 5.97 Å². The lowest BCUT2D eigenvalue weighted by Gasteiger charge is -2.06. The third-order valence-electron chi connectivity index (χ3n) is 3.56. The van der Waals surface area contributed by atoms with Crippen LogP contribution in [0.25, 0.3) is 11.1 Å². The summed E-state index contributed by atoms with van der Waals surface area (Å²) in [5.74, 6) is 0.680. The van der Waals surface area contributed by atoms with E-state index >= 15 is 0 Å². The van der Waals surface area contributed by atoms with Crippen molar-refractivity contribution in [3.8, 4) is 11.1 Å². The van der Waals surface area contributed by atoms with Crippen molar-refractivity contribution in [1.82, 2.24) is 5.32 Å². The van der Waals surface area contributed by atoms with Gasteiger partial charge in [-0.1, -0.05) is 36.4 Å². The first-order valence-electron chi connectivity index (χ1n) is 7.44. The molecule has 0 aliphatic carbocycles. The molecule has 1 aliphatic heterocycles. The number of hydrogen-bond acceptors (Lipinski definition) is 4. The molecule has 1 N–H and O–H groups in total. The van der Waals surface area contributed by atoms with Crippen LogP contribution in [0.5, 0.6) is 0 Å². The van der Waals surface area contributed by atoms with E-state index in [0.29, 0.717) is 12.2 Å². The van der Waals surface area contributed by atoms with Crippen LogP contribution >= 0.6 is 0 Å². The smallest absolute Gasteiger partial charge is 0.338 e. The third kappa shape index (κ3) is 3.01. The first-order valence-corrected chi connectivity index (χ1v) is 7.44. The van der Waals surface area contributed by atoms with E-state index in [2.05, 4.69) is 34.6 Å². The van der Waals surface area contributed by atoms with Crippen LogP contribution in [-0.4, -0.2) is 31.5 Å². The van der Waals surface area contributed by atoms with Crippen molar-refractivity contribution in [2.45, 2.75) is 6.92 Å². The summed E-state index contributed by atoms with van der Waals surface area (Å²) >= 11 is 0. The maximum Gasteiger partial charge on any atom is 0.338 e. The fourth-order valence-electron chi connectivity index (χ4n) is 2.42. The van der Waals surface area contributed by atoms with Crippen molar-refractivity contribution < 1.29 is 9.53 Å². The van der Waals surface area contributed by atoms with Crippen molar-refractivity contribution in [3.63, 3.8) is 0 Å². The van der Waals surface area contributed by atoms with E-state index < -0.39 is 0 Å². The summed E-state index contributed by atoms with van der Waals surface area (Å²) in [7, 11) is 0. The van der Waals surface area contributed by atoms with Crippen molar-refractivity contribution in [3.05, 3.63) is 59.7 Å². The fraction of sp³-hybridized carbons (Fsp3) is 0.222. The zero-order valence-corrected chi connectivity index (χ0v) is 12.5. The molecule has 2 aromatic carbocycles. The molecule has 2 aromatic rings. The monoisotopic (exact) mass is 294 g/mol. The Hall–Kier alpha value is -2.62. The van der Waals surface area contributed by atoms with Crippen molar-refractivity contribution in [2.75, 3.05) is 19.7 Å². The van der Waals surface area contributed by atoms with E-state index in [1.807, 2.05) is 12.1 Å². The van der Waals surface area contributed by atoms with E-state index in [1.165, 1.54) is 0 Å². The number of nitrogens with zero attached hydrogens (tertiary/aromatic N) is 1. The Morgan fingerprint density at radius 2 is 1.64 bits per heavy atom. The van der Waals surface area contributed by atoms with Gasteiger partial charge < -0.3 is 10.1 Å². The van der Waals surface area contributed by atoms with Crippen molar-refractivity contribution in [1.29, 1.82) is 0 Å². The van der Waals surface area contributed by atoms with Crippen LogP contribution in [0.15, 0.2) is 53.5 Å². The highest BCUT2D eigenvalue weighted by atomic mass is 16.5. The predicted molar refractivity (Wildman–Crippen MR) is 87.2 cm³/mol. The Morgan fingerprint density at radius 3 is 2.18 bits per heavy atom. The SMILES string of the molecule is CCOC(=O)c1ccc(-c2ccc(C3=NCCN3)cc2)cc1. The molecule has 22 heavy (non-hydrogen) atoms. The molecule has 112 valence electrons. The van der Waals surface area contributed by atoms with Gasteiger partial charge >= 0.3 is 5.97 Å². The number of amidine groups is 1. The first kappa shape index (κ1) is 14.3. The largest absolute Gasteiger partial charge is 0.462 e. The second kappa shape index (κ2) is 6.43. The molecule has 0 saturated heterocycles. The lowest BCUT2D eigenvalue weighted by atomic mass is 10.0. The van der Waals surface area contributed by atoms with Gasteiger partial charge in [0.2, 0.25) is 0 Å². The predicted octanol–water partition coefficient (Wildman–Crippen LogP) is 2.88. The molecule has 4 heteroatoms. The summed E-state index contributed by atoms with van der Waals surface area (Å²) in [6, 6.07) is 15.7. The van der Waals surface area contributed by atoms with Gasteiger partial charge in [-0.15, -0.1) is 0 Å². The first-order chi connectivity index (χ1) is 10.8. The second-order valence-electron chi connectivity index (χ2n) is 5.03. The summed E-state index contributed by atoms with van der Waals surface area (Å²) in [5.41, 5.74) is 3.86. The normalized spacial score (nSPS) is 13.4. The molecule has 4 nitrogen and oxygen atoms in total. The van der Waals surface area contributed by atoms with Crippen LogP contribution in [0.1, 0.15) is 22.8 Å². The number of benzene rings is 2. The Kier molecular flexibility index (Phi) is 4.19. The number of nitrogens with one attached hydrogen (secondary N) is 1. The Balaban J connectivity index is 1.77. The lowest BCUT2D eigenvalue weighted by Crippen LogP contribution is -2.19. The maximum absolute atomic E-state index is 11.6. The van der Waals surface area contributed by atoms with Gasteiger partial charge in [0.1, 0.15) is 5.84 Å². The Morgan fingerprint density at radius 1 is 1.05 bits per heavy atom. The van der Waals surface area contributed by atoms with Gasteiger partial charge in [-0.25, -0.2) is 4.79 Å². The molecule has 0 amide bonds. The minimum Gasteiger partial charge on any atom is -0.462 e. The zero-order chi connectivity index (χ0) is 15.4. The van der Waals surface area contributed by atoms with Gasteiger partial charge in [-0.3, -0.25) is 4.99 Å². The van der Waals surface area contributed by atoms with Gasteiger partial charge in [0.05, 0.1) is 18.7 Å². The van der Waals surface area contributed by atoms with Crippen LogP contribution in [0.2, 0.25) is 0 Å². The highest BCUT2D eigenvalue weighted by Gasteiger charge is 2.09. The molecule has 0 saturated carbocycles. The number of hydrogen-bond donors (Lipinski definition) is 1. The summed E-state index contributed by atoms with van der Waals surface area (Å²) in [5, 5.41) is 3.26. The fourth-order valence-corrected chi connectivity index (χ4v) is 2.42. The molecule has 0 unspecified atom stereocenters. The average Bonchev–Trinajstić information content (AvgIpc) is 3.10. The van der Waals surface area contributed by atoms with Crippen LogP contribution < -0.4 is 5.32 Å². The minimum absolute atomic E-state index is 0.283. The Labute approximate surface area is 129 Å². The van der Waals surface area contributed by atoms with Crippen LogP contribution in [-0.2, 0) is 4.74 Å². The number of aliphatic imine (C=N–C) groups is 1. The van der Waals surface area contributed by atoms with Crippen LogP contribution in [0, 0.1) is 0 Å². The molecule has 0 atom stereocenters. The van der Waals surface area contributed by atoms with Gasteiger partial charge in [0, 0.05) is 12.1 Å². The zero-order valence-electron chi connectivity index (χ0n) is 12.5. The van der Waals surface area contributed by atoms with E-state index in [0.717, 1.165) is 35.6 Å². The number of ether oxygens (including phenoxy) is 1. The average molecular weight is 294 g/mol. The molecule has 3 rings (SSSR count). The molecule has 0 fully saturated rings. The molecule has 0 bridgehead atoms. The summed E-state index contributed by atoms with van der Waals surface area (Å²) in [6.07, 6.45) is 0. The highest BCUT2D eigenvalue weighted by Crippen LogP contribution is 2.21. The highest BCUT2D eigenvalue weighted by molar-refractivity contribution is 6.00. The van der Waals surface area contributed by atoms with Gasteiger partial charge in [-0.05, 0) is 30.2 Å². The van der Waals surface area contributed by atoms with E-state index in [4.69, 9.17) is 4.74 Å². The van der Waals surface area contributed by atoms with Gasteiger partial charge in [-0.2, -0.15) is 0 Å². The molecule has 0 radical (unpaired) electrons. The summed E-state index contributed by atoms with van der Waals surface area (Å²) < 4.78 is 4.99. The molecular formula is C18H18N2O2. The third-order valence-corrected chi connectivity index (χ3v) is 3.56. The lowest BCUT2D eigenvalue weighted by molar-refractivity contribution is 0.0526. The standard InChI is InChI=1S/C18H18N2O2/c1-2-22-18(21)16-9-5-14(6-10-16)13-3-7-15(8-4-13)17-19-11-12-20-17/h3-10H,2,11-12H2,1H3,(H,19,20). The molecule has 0 aromatic heterocycles. The van der Waals surface area contributed by atoms with Crippen molar-refractivity contribution in [2.24, 2.45) is 4.99 Å². The van der Waals surface area contributed by atoms with Gasteiger partial charge in [0.15, 0.2) is 0 Å². The topological polar surface area (TPSA) is 50.7 Å². The molecule has 1 heterocycles. The maximum atomic E-state index is 11.6. The van der Waals surface area contributed by atoms with E-state index in [9.17, 15) is 4.79 Å². The molecule has 1 aliphatic rings. The summed E-state index contributed by atoms with van der Waals surface area (Å²) in [4.78, 5) is 16.1. The van der Waals surface area contributed by atoms with Crippen LogP contribution in [0.3, 0.4) is 0 Å². The van der Waals surface area contributed by atoms with E-state index in [1.54, 1.807) is 19.1 Å². The van der Waals surface area contributed by atoms with Gasteiger partial charge in [0.25, 0.3) is 0 Å².